The van der Waals surface area contributed by atoms with Gasteiger partial charge in [-0.05, 0) is 41.8 Å². The van der Waals surface area contributed by atoms with Gasteiger partial charge in [0.25, 0.3) is 0 Å². The van der Waals surface area contributed by atoms with Gasteiger partial charge in [0.2, 0.25) is 0 Å². The molecule has 0 aliphatic heterocycles. The Morgan fingerprint density at radius 2 is 1.62 bits per heavy atom. The fourth-order valence-electron chi connectivity index (χ4n) is 3.22. The van der Waals surface area contributed by atoms with Gasteiger partial charge >= 0.3 is 0 Å². The third kappa shape index (κ3) is 3.67. The molecule has 0 amide bonds. The van der Waals surface area contributed by atoms with Gasteiger partial charge in [-0.1, -0.05) is 35.3 Å². The Hall–Kier alpha value is -2.17. The molecule has 0 saturated heterocycles. The molecule has 0 aromatic heterocycles. The third-order valence-corrected chi connectivity index (χ3v) is 5.13. The van der Waals surface area contributed by atoms with Crippen LogP contribution in [0.1, 0.15) is 34.7 Å². The molecular weight excluding hydrogens is 375 g/mol. The Morgan fingerprint density at radius 1 is 1.00 bits per heavy atom. The second-order valence-corrected chi connectivity index (χ2v) is 7.08. The largest absolute Gasteiger partial charge is 0.497 e. The summed E-state index contributed by atoms with van der Waals surface area (Å²) in [4.78, 5) is 37.8. The lowest BCUT2D eigenvalue weighted by atomic mass is 9.74. The van der Waals surface area contributed by atoms with E-state index in [2.05, 4.69) is 0 Å². The maximum atomic E-state index is 12.7. The number of hydrogen-bond donors (Lipinski definition) is 0. The molecule has 1 aliphatic rings. The number of methoxy groups -OCH3 is 1. The van der Waals surface area contributed by atoms with E-state index in [4.69, 9.17) is 27.9 Å². The molecule has 1 fully saturated rings. The van der Waals surface area contributed by atoms with Crippen LogP contribution in [0.2, 0.25) is 10.0 Å². The number of ketones is 3. The SMILES string of the molecule is COc1ccc(C2CC(=O)C(C(=O)c3ccc(Cl)cc3Cl)C(=O)C2)cc1. The fraction of sp³-hybridized carbons (Fsp3) is 0.250. The van der Waals surface area contributed by atoms with Crippen LogP contribution < -0.4 is 4.74 Å². The van der Waals surface area contributed by atoms with Crippen molar-refractivity contribution in [3.05, 3.63) is 63.6 Å². The highest BCUT2D eigenvalue weighted by Gasteiger charge is 2.41. The van der Waals surface area contributed by atoms with Gasteiger partial charge in [-0.15, -0.1) is 0 Å². The van der Waals surface area contributed by atoms with Crippen LogP contribution >= 0.6 is 23.2 Å². The predicted molar refractivity (Wildman–Crippen MR) is 99.3 cm³/mol. The third-order valence-electron chi connectivity index (χ3n) is 4.59. The molecule has 2 aromatic rings. The minimum absolute atomic E-state index is 0.139. The van der Waals surface area contributed by atoms with Crippen molar-refractivity contribution < 1.29 is 19.1 Å². The minimum Gasteiger partial charge on any atom is -0.497 e. The van der Waals surface area contributed by atoms with Gasteiger partial charge in [-0.25, -0.2) is 0 Å². The first-order valence-electron chi connectivity index (χ1n) is 8.09. The number of carbonyl (C=O) groups is 3. The average Bonchev–Trinajstić information content (AvgIpc) is 2.61. The van der Waals surface area contributed by atoms with Gasteiger partial charge in [0.15, 0.2) is 17.3 Å². The number of carbonyl (C=O) groups excluding carboxylic acids is 3. The van der Waals surface area contributed by atoms with Crippen LogP contribution in [0.5, 0.6) is 5.75 Å². The van der Waals surface area contributed by atoms with E-state index in [-0.39, 0.29) is 40.9 Å². The van der Waals surface area contributed by atoms with E-state index in [9.17, 15) is 14.4 Å². The summed E-state index contributed by atoms with van der Waals surface area (Å²) in [5, 5.41) is 0.521. The normalized spacial score (nSPS) is 20.1. The lowest BCUT2D eigenvalue weighted by molar-refractivity contribution is -0.133. The van der Waals surface area contributed by atoms with E-state index in [1.807, 2.05) is 12.1 Å². The van der Waals surface area contributed by atoms with Crippen LogP contribution in [0.25, 0.3) is 0 Å². The zero-order valence-corrected chi connectivity index (χ0v) is 15.5. The summed E-state index contributed by atoms with van der Waals surface area (Å²) in [6, 6.07) is 11.6. The molecule has 134 valence electrons. The number of benzene rings is 2. The molecule has 0 N–H and O–H groups in total. The van der Waals surface area contributed by atoms with Crippen LogP contribution in [0.15, 0.2) is 42.5 Å². The molecule has 0 atom stereocenters. The first-order chi connectivity index (χ1) is 12.4. The molecule has 6 heteroatoms. The van der Waals surface area contributed by atoms with Gasteiger partial charge in [0.1, 0.15) is 11.7 Å². The standard InChI is InChI=1S/C20H16Cl2O4/c1-26-14-5-2-11(3-6-14)12-8-17(23)19(18(24)9-12)20(25)15-7-4-13(21)10-16(15)22/h2-7,10,12,19H,8-9H2,1H3. The van der Waals surface area contributed by atoms with Crippen molar-refractivity contribution in [3.8, 4) is 5.75 Å². The topological polar surface area (TPSA) is 60.4 Å². The smallest absolute Gasteiger partial charge is 0.182 e. The van der Waals surface area contributed by atoms with E-state index in [1.165, 1.54) is 18.2 Å². The van der Waals surface area contributed by atoms with E-state index in [1.54, 1.807) is 19.2 Å². The molecule has 0 unspecified atom stereocenters. The van der Waals surface area contributed by atoms with E-state index >= 15 is 0 Å². The first-order valence-corrected chi connectivity index (χ1v) is 8.85. The first kappa shape index (κ1) is 18.6. The highest BCUT2D eigenvalue weighted by Crippen LogP contribution is 2.35. The summed E-state index contributed by atoms with van der Waals surface area (Å²) in [6.45, 7) is 0. The molecule has 0 heterocycles. The van der Waals surface area contributed by atoms with E-state index in [0.717, 1.165) is 5.56 Å². The summed E-state index contributed by atoms with van der Waals surface area (Å²) in [5.74, 6) is -2.13. The number of rotatable bonds is 4. The van der Waals surface area contributed by atoms with Gasteiger partial charge in [-0.2, -0.15) is 0 Å². The van der Waals surface area contributed by atoms with Crippen LogP contribution in [-0.2, 0) is 9.59 Å². The summed E-state index contributed by atoms with van der Waals surface area (Å²) < 4.78 is 5.12. The Labute approximate surface area is 161 Å². The average molecular weight is 391 g/mol. The Balaban J connectivity index is 1.81. The predicted octanol–water partition coefficient (Wildman–Crippen LogP) is 4.52. The van der Waals surface area contributed by atoms with E-state index in [0.29, 0.717) is 10.8 Å². The van der Waals surface area contributed by atoms with Crippen molar-refractivity contribution in [2.45, 2.75) is 18.8 Å². The molecule has 4 nitrogen and oxygen atoms in total. The highest BCUT2D eigenvalue weighted by molar-refractivity contribution is 6.38. The molecule has 26 heavy (non-hydrogen) atoms. The molecule has 1 aliphatic carbocycles. The fourth-order valence-corrected chi connectivity index (χ4v) is 3.72. The van der Waals surface area contributed by atoms with Crippen LogP contribution in [0.4, 0.5) is 0 Å². The summed E-state index contributed by atoms with van der Waals surface area (Å²) in [6.07, 6.45) is 0.277. The van der Waals surface area contributed by atoms with Crippen LogP contribution in [0, 0.1) is 5.92 Å². The Kier molecular flexibility index (Phi) is 5.44. The summed E-state index contributed by atoms with van der Waals surface area (Å²) in [7, 11) is 1.57. The Bertz CT molecular complexity index is 856. The zero-order valence-electron chi connectivity index (χ0n) is 14.0. The van der Waals surface area contributed by atoms with Gasteiger partial charge in [0, 0.05) is 23.4 Å². The van der Waals surface area contributed by atoms with Gasteiger partial charge in [0.05, 0.1) is 12.1 Å². The molecule has 1 saturated carbocycles. The molecule has 0 spiro atoms. The maximum Gasteiger partial charge on any atom is 0.182 e. The summed E-state index contributed by atoms with van der Waals surface area (Å²) in [5.41, 5.74) is 1.02. The lowest BCUT2D eigenvalue weighted by Crippen LogP contribution is -2.38. The number of ether oxygens (including phenoxy) is 1. The van der Waals surface area contributed by atoms with Crippen LogP contribution in [0.3, 0.4) is 0 Å². The van der Waals surface area contributed by atoms with Gasteiger partial charge < -0.3 is 4.74 Å². The lowest BCUT2D eigenvalue weighted by Gasteiger charge is -2.26. The highest BCUT2D eigenvalue weighted by atomic mass is 35.5. The van der Waals surface area contributed by atoms with Crippen molar-refractivity contribution in [2.75, 3.05) is 7.11 Å². The zero-order chi connectivity index (χ0) is 18.8. The number of Topliss-reactive ketones (excluding diaryl/α,β-unsaturated/α-hetero) is 3. The Morgan fingerprint density at radius 3 is 2.15 bits per heavy atom. The quantitative estimate of drug-likeness (QED) is 0.568. The monoisotopic (exact) mass is 390 g/mol. The van der Waals surface area contributed by atoms with Crippen LogP contribution in [-0.4, -0.2) is 24.5 Å². The van der Waals surface area contributed by atoms with Gasteiger partial charge in [-0.3, -0.25) is 14.4 Å². The number of hydrogen-bond acceptors (Lipinski definition) is 4. The van der Waals surface area contributed by atoms with Crippen molar-refractivity contribution in [1.82, 2.24) is 0 Å². The van der Waals surface area contributed by atoms with Crippen molar-refractivity contribution in [1.29, 1.82) is 0 Å². The van der Waals surface area contributed by atoms with Crippen molar-refractivity contribution in [3.63, 3.8) is 0 Å². The molecular formula is C20H16Cl2O4. The molecule has 0 radical (unpaired) electrons. The second kappa shape index (κ2) is 7.60. The van der Waals surface area contributed by atoms with Crippen molar-refractivity contribution >= 4 is 40.6 Å². The number of halogens is 2. The second-order valence-electron chi connectivity index (χ2n) is 6.23. The maximum absolute atomic E-state index is 12.7. The molecule has 2 aromatic carbocycles. The molecule has 3 rings (SSSR count). The molecule has 0 bridgehead atoms. The van der Waals surface area contributed by atoms with Crippen molar-refractivity contribution in [2.24, 2.45) is 5.92 Å². The van der Waals surface area contributed by atoms with E-state index < -0.39 is 11.7 Å². The minimum atomic E-state index is -1.29. The summed E-state index contributed by atoms with van der Waals surface area (Å²) >= 11 is 11.9.